The number of fused-ring (bicyclic) bond motifs is 1. The predicted molar refractivity (Wildman–Crippen MR) is 128 cm³/mol. The van der Waals surface area contributed by atoms with Crippen molar-refractivity contribution in [2.75, 3.05) is 6.79 Å². The van der Waals surface area contributed by atoms with Crippen LogP contribution < -0.4 is 14.2 Å². The summed E-state index contributed by atoms with van der Waals surface area (Å²) in [6, 6.07) is 24.7. The van der Waals surface area contributed by atoms with E-state index in [9.17, 15) is 9.18 Å². The number of hydrogen-bond donors (Lipinski definition) is 0. The molecular formula is C28H23FN2O4. The van der Waals surface area contributed by atoms with Crippen LogP contribution in [0.3, 0.4) is 0 Å². The third kappa shape index (κ3) is 5.58. The molecule has 0 fully saturated rings. The maximum atomic E-state index is 13.5. The highest BCUT2D eigenvalue weighted by Gasteiger charge is 2.21. The van der Waals surface area contributed by atoms with Gasteiger partial charge in [-0.1, -0.05) is 30.3 Å². The molecule has 176 valence electrons. The lowest BCUT2D eigenvalue weighted by Gasteiger charge is -2.23. The summed E-state index contributed by atoms with van der Waals surface area (Å²) in [6.45, 7) is 1.16. The zero-order chi connectivity index (χ0) is 24.0. The van der Waals surface area contributed by atoms with Crippen molar-refractivity contribution in [3.8, 4) is 17.2 Å². The van der Waals surface area contributed by atoms with Crippen LogP contribution in [0.2, 0.25) is 0 Å². The van der Waals surface area contributed by atoms with E-state index in [4.69, 9.17) is 14.2 Å². The van der Waals surface area contributed by atoms with E-state index in [1.807, 2.05) is 48.5 Å². The zero-order valence-electron chi connectivity index (χ0n) is 18.9. The van der Waals surface area contributed by atoms with E-state index in [0.29, 0.717) is 35.9 Å². The van der Waals surface area contributed by atoms with Gasteiger partial charge in [0.05, 0.1) is 12.2 Å². The first-order valence-electron chi connectivity index (χ1n) is 11.2. The lowest BCUT2D eigenvalue weighted by Crippen LogP contribution is -2.30. The number of rotatable bonds is 8. The molecule has 35 heavy (non-hydrogen) atoms. The Balaban J connectivity index is 1.31. The Morgan fingerprint density at radius 2 is 1.74 bits per heavy atom. The van der Waals surface area contributed by atoms with Crippen LogP contribution in [0.4, 0.5) is 4.39 Å². The first kappa shape index (κ1) is 22.4. The number of amides is 1. The summed E-state index contributed by atoms with van der Waals surface area (Å²) in [5.41, 5.74) is 3.00. The lowest BCUT2D eigenvalue weighted by molar-refractivity contribution is 0.0727. The molecule has 0 unspecified atom stereocenters. The number of hydrogen-bond acceptors (Lipinski definition) is 5. The fourth-order valence-corrected chi connectivity index (χ4v) is 3.80. The summed E-state index contributed by atoms with van der Waals surface area (Å²) < 4.78 is 30.0. The summed E-state index contributed by atoms with van der Waals surface area (Å²) in [7, 11) is 0. The van der Waals surface area contributed by atoms with Crippen LogP contribution in [-0.4, -0.2) is 22.6 Å². The average molecular weight is 471 g/mol. The molecule has 0 radical (unpaired) electrons. The summed E-state index contributed by atoms with van der Waals surface area (Å²) in [4.78, 5) is 19.6. The van der Waals surface area contributed by atoms with Crippen LogP contribution in [0, 0.1) is 5.82 Å². The quantitative estimate of drug-likeness (QED) is 0.347. The third-order valence-corrected chi connectivity index (χ3v) is 5.58. The molecule has 1 aliphatic heterocycles. The van der Waals surface area contributed by atoms with Gasteiger partial charge in [-0.2, -0.15) is 0 Å². The Morgan fingerprint density at radius 3 is 2.54 bits per heavy atom. The molecule has 0 bridgehead atoms. The van der Waals surface area contributed by atoms with Crippen molar-refractivity contribution in [2.24, 2.45) is 0 Å². The highest BCUT2D eigenvalue weighted by atomic mass is 19.1. The van der Waals surface area contributed by atoms with Crippen LogP contribution in [0.1, 0.15) is 27.2 Å². The van der Waals surface area contributed by atoms with Gasteiger partial charge in [0.2, 0.25) is 6.79 Å². The smallest absolute Gasteiger partial charge is 0.254 e. The molecule has 0 spiro atoms. The molecule has 2 heterocycles. The minimum Gasteiger partial charge on any atom is -0.489 e. The summed E-state index contributed by atoms with van der Waals surface area (Å²) in [6.07, 6.45) is 1.71. The van der Waals surface area contributed by atoms with Gasteiger partial charge in [-0.3, -0.25) is 9.78 Å². The summed E-state index contributed by atoms with van der Waals surface area (Å²) in [5, 5.41) is 0. The normalized spacial score (nSPS) is 11.8. The van der Waals surface area contributed by atoms with Gasteiger partial charge < -0.3 is 19.1 Å². The Kier molecular flexibility index (Phi) is 6.57. The number of nitrogens with zero attached hydrogens (tertiary/aromatic N) is 2. The third-order valence-electron chi connectivity index (χ3n) is 5.58. The van der Waals surface area contributed by atoms with Crippen molar-refractivity contribution in [1.82, 2.24) is 9.88 Å². The zero-order valence-corrected chi connectivity index (χ0v) is 18.9. The Bertz CT molecular complexity index is 1310. The van der Waals surface area contributed by atoms with Crippen LogP contribution in [0.25, 0.3) is 0 Å². The molecule has 0 saturated carbocycles. The molecule has 0 saturated heterocycles. The number of halogens is 1. The van der Waals surface area contributed by atoms with E-state index in [0.717, 1.165) is 16.8 Å². The van der Waals surface area contributed by atoms with Crippen LogP contribution in [0.5, 0.6) is 17.2 Å². The maximum absolute atomic E-state index is 13.5. The molecule has 1 amide bonds. The SMILES string of the molecule is O=C(c1ccc2c(c1)OCO2)N(Cc1ccc(OCc2cccc(F)c2)cc1)Cc1ccccn1. The van der Waals surface area contributed by atoms with E-state index >= 15 is 0 Å². The van der Waals surface area contributed by atoms with Crippen molar-refractivity contribution in [3.05, 3.63) is 119 Å². The van der Waals surface area contributed by atoms with Crippen molar-refractivity contribution >= 4 is 5.91 Å². The topological polar surface area (TPSA) is 60.9 Å². The molecule has 5 rings (SSSR count). The van der Waals surface area contributed by atoms with E-state index in [2.05, 4.69) is 4.98 Å². The summed E-state index contributed by atoms with van der Waals surface area (Å²) >= 11 is 0. The Hall–Kier alpha value is -4.39. The van der Waals surface area contributed by atoms with Gasteiger partial charge in [-0.15, -0.1) is 0 Å². The lowest BCUT2D eigenvalue weighted by atomic mass is 10.1. The van der Waals surface area contributed by atoms with Gasteiger partial charge in [0, 0.05) is 18.3 Å². The molecule has 0 N–H and O–H groups in total. The van der Waals surface area contributed by atoms with E-state index in [-0.39, 0.29) is 25.1 Å². The van der Waals surface area contributed by atoms with Gasteiger partial charge in [-0.25, -0.2) is 4.39 Å². The van der Waals surface area contributed by atoms with Crippen LogP contribution in [-0.2, 0) is 19.7 Å². The van der Waals surface area contributed by atoms with Crippen molar-refractivity contribution in [1.29, 1.82) is 0 Å². The van der Waals surface area contributed by atoms with Crippen molar-refractivity contribution in [3.63, 3.8) is 0 Å². The number of aromatic nitrogens is 1. The minimum atomic E-state index is -0.290. The summed E-state index contributed by atoms with van der Waals surface area (Å²) in [5.74, 6) is 1.43. The van der Waals surface area contributed by atoms with Crippen molar-refractivity contribution in [2.45, 2.75) is 19.7 Å². The first-order chi connectivity index (χ1) is 17.1. The molecule has 1 aromatic heterocycles. The van der Waals surface area contributed by atoms with Crippen molar-refractivity contribution < 1.29 is 23.4 Å². The average Bonchev–Trinajstić information content (AvgIpc) is 3.36. The second-order valence-corrected chi connectivity index (χ2v) is 8.11. The molecule has 3 aromatic carbocycles. The van der Waals surface area contributed by atoms with Gasteiger partial charge >= 0.3 is 0 Å². The maximum Gasteiger partial charge on any atom is 0.254 e. The van der Waals surface area contributed by atoms with Gasteiger partial charge in [0.25, 0.3) is 5.91 Å². The van der Waals surface area contributed by atoms with Gasteiger partial charge in [0.15, 0.2) is 11.5 Å². The number of carbonyl (C=O) groups excluding carboxylic acids is 1. The monoisotopic (exact) mass is 470 g/mol. The molecule has 0 atom stereocenters. The predicted octanol–water partition coefficient (Wildman–Crippen LogP) is 5.37. The Morgan fingerprint density at radius 1 is 0.886 bits per heavy atom. The number of pyridine rings is 1. The van der Waals surface area contributed by atoms with E-state index < -0.39 is 0 Å². The highest BCUT2D eigenvalue weighted by molar-refractivity contribution is 5.95. The second kappa shape index (κ2) is 10.3. The molecule has 6 nitrogen and oxygen atoms in total. The van der Waals surface area contributed by atoms with Gasteiger partial charge in [0.1, 0.15) is 18.2 Å². The Labute approximate surface area is 202 Å². The van der Waals surface area contributed by atoms with E-state index in [1.54, 1.807) is 35.4 Å². The first-order valence-corrected chi connectivity index (χ1v) is 11.2. The molecule has 1 aliphatic rings. The fourth-order valence-electron chi connectivity index (χ4n) is 3.80. The number of ether oxygens (including phenoxy) is 3. The molecular weight excluding hydrogens is 447 g/mol. The highest BCUT2D eigenvalue weighted by Crippen LogP contribution is 2.33. The van der Waals surface area contributed by atoms with Gasteiger partial charge in [-0.05, 0) is 65.7 Å². The number of benzene rings is 3. The molecule has 7 heteroatoms. The number of carbonyl (C=O) groups is 1. The van der Waals surface area contributed by atoms with E-state index in [1.165, 1.54) is 12.1 Å². The van der Waals surface area contributed by atoms with Crippen LogP contribution in [0.15, 0.2) is 91.1 Å². The molecule has 0 aliphatic carbocycles. The fraction of sp³-hybridized carbons (Fsp3) is 0.143. The largest absolute Gasteiger partial charge is 0.489 e. The molecule has 4 aromatic rings. The second-order valence-electron chi connectivity index (χ2n) is 8.11. The standard InChI is InChI=1S/C28H23FN2O4/c29-23-5-3-4-21(14-23)18-33-25-10-7-20(8-11-25)16-31(17-24-6-1-2-13-30-24)28(32)22-9-12-26-27(15-22)35-19-34-26/h1-15H,16-19H2. The van der Waals surface area contributed by atoms with Crippen LogP contribution >= 0.6 is 0 Å². The minimum absolute atomic E-state index is 0.139.